The third-order valence-electron chi connectivity index (χ3n) is 4.51. The van der Waals surface area contributed by atoms with Crippen molar-refractivity contribution >= 4 is 29.1 Å². The van der Waals surface area contributed by atoms with Gasteiger partial charge in [0.1, 0.15) is 11.4 Å². The Labute approximate surface area is 161 Å². The molecular weight excluding hydrogens is 372 g/mol. The van der Waals surface area contributed by atoms with E-state index >= 15 is 0 Å². The molecule has 0 atom stereocenters. The summed E-state index contributed by atoms with van der Waals surface area (Å²) >= 11 is 6.10. The predicted octanol–water partition coefficient (Wildman–Crippen LogP) is 2.89. The van der Waals surface area contributed by atoms with Crippen LogP contribution in [0, 0.1) is 0 Å². The summed E-state index contributed by atoms with van der Waals surface area (Å²) in [7, 11) is 3.24. The molecule has 0 saturated carbocycles. The van der Waals surface area contributed by atoms with Gasteiger partial charge in [0.25, 0.3) is 11.8 Å². The molecule has 0 radical (unpaired) electrons. The topological polar surface area (TPSA) is 92.0 Å². The first kappa shape index (κ1) is 19.4. The Morgan fingerprint density at radius 1 is 1.19 bits per heavy atom. The molecule has 2 N–H and O–H groups in total. The molecule has 8 heteroatoms. The number of aliphatic hydroxyl groups is 1. The number of carbonyl (C=O) groups excluding carboxylic acids is 2. The van der Waals surface area contributed by atoms with Crippen LogP contribution in [0.5, 0.6) is 0 Å². The number of anilines is 1. The molecule has 1 fully saturated rings. The van der Waals surface area contributed by atoms with Gasteiger partial charge in [-0.15, -0.1) is 0 Å². The molecule has 0 aliphatic carbocycles. The first-order chi connectivity index (χ1) is 12.8. The zero-order valence-corrected chi connectivity index (χ0v) is 15.9. The first-order valence-electron chi connectivity index (χ1n) is 8.52. The number of rotatable bonds is 4. The molecule has 1 aromatic heterocycles. The maximum Gasteiger partial charge on any atom is 0.259 e. The summed E-state index contributed by atoms with van der Waals surface area (Å²) in [6.45, 7) is 0.789. The highest BCUT2D eigenvalue weighted by Crippen LogP contribution is 2.35. The largest absolute Gasteiger partial charge is 0.465 e. The average Bonchev–Trinajstić information content (AvgIpc) is 3.14. The lowest BCUT2D eigenvalue weighted by atomic mass is 9.89. The molecule has 2 aromatic rings. The smallest absolute Gasteiger partial charge is 0.259 e. The number of amides is 2. The second kappa shape index (κ2) is 7.72. The van der Waals surface area contributed by atoms with Crippen molar-refractivity contribution in [3.05, 3.63) is 52.4 Å². The van der Waals surface area contributed by atoms with Crippen molar-refractivity contribution < 1.29 is 23.8 Å². The molecule has 1 saturated heterocycles. The van der Waals surface area contributed by atoms with Crippen molar-refractivity contribution in [2.24, 2.45) is 0 Å². The minimum atomic E-state index is -1.24. The van der Waals surface area contributed by atoms with E-state index in [0.29, 0.717) is 36.8 Å². The van der Waals surface area contributed by atoms with Crippen LogP contribution in [0.15, 0.2) is 34.9 Å². The third kappa shape index (κ3) is 4.00. The van der Waals surface area contributed by atoms with Crippen LogP contribution in [0.2, 0.25) is 5.02 Å². The monoisotopic (exact) mass is 392 g/mol. The Morgan fingerprint density at radius 3 is 2.56 bits per heavy atom. The molecule has 27 heavy (non-hydrogen) atoms. The lowest BCUT2D eigenvalue weighted by Gasteiger charge is -2.30. The quantitative estimate of drug-likeness (QED) is 0.834. The van der Waals surface area contributed by atoms with Gasteiger partial charge in [-0.1, -0.05) is 11.6 Å². The van der Waals surface area contributed by atoms with Gasteiger partial charge in [0, 0.05) is 45.8 Å². The van der Waals surface area contributed by atoms with Crippen molar-refractivity contribution in [1.82, 2.24) is 4.90 Å². The second-order valence-electron chi connectivity index (χ2n) is 6.66. The Kier molecular flexibility index (Phi) is 5.55. The van der Waals surface area contributed by atoms with E-state index in [9.17, 15) is 14.7 Å². The number of carbonyl (C=O) groups is 2. The van der Waals surface area contributed by atoms with Gasteiger partial charge in [0.05, 0.1) is 22.4 Å². The van der Waals surface area contributed by atoms with E-state index in [0.717, 1.165) is 0 Å². The average molecular weight is 393 g/mol. The molecule has 1 aliphatic rings. The lowest BCUT2D eigenvalue weighted by Crippen LogP contribution is -2.34. The van der Waals surface area contributed by atoms with Crippen LogP contribution in [0.25, 0.3) is 0 Å². The molecule has 2 amide bonds. The first-order valence-corrected chi connectivity index (χ1v) is 8.90. The Hall–Kier alpha value is -2.35. The standard InChI is InChI=1S/C19H21ClN2O5/c1-22(2)18(24)14-11-12(3-4-15(14)20)21-17(23)13-5-8-27-16(13)19(25)6-9-26-10-7-19/h3-5,8,11,25H,6-7,9-10H2,1-2H3,(H,21,23). The zero-order chi connectivity index (χ0) is 19.6. The molecule has 7 nitrogen and oxygen atoms in total. The maximum atomic E-state index is 12.7. The van der Waals surface area contributed by atoms with Crippen LogP contribution in [-0.4, -0.2) is 49.1 Å². The number of benzene rings is 1. The Balaban J connectivity index is 1.84. The maximum absolute atomic E-state index is 12.7. The molecule has 3 rings (SSSR count). The summed E-state index contributed by atoms with van der Waals surface area (Å²) in [5.74, 6) is -0.484. The summed E-state index contributed by atoms with van der Waals surface area (Å²) < 4.78 is 10.7. The molecule has 2 heterocycles. The van der Waals surface area contributed by atoms with Gasteiger partial charge < -0.3 is 24.5 Å². The van der Waals surface area contributed by atoms with Crippen molar-refractivity contribution in [3.8, 4) is 0 Å². The van der Waals surface area contributed by atoms with Gasteiger partial charge >= 0.3 is 0 Å². The fourth-order valence-electron chi connectivity index (χ4n) is 2.99. The van der Waals surface area contributed by atoms with Crippen LogP contribution >= 0.6 is 11.6 Å². The number of halogens is 1. The van der Waals surface area contributed by atoms with Crippen LogP contribution in [-0.2, 0) is 10.3 Å². The van der Waals surface area contributed by atoms with Gasteiger partial charge in [0.2, 0.25) is 0 Å². The predicted molar refractivity (Wildman–Crippen MR) is 100 cm³/mol. The lowest BCUT2D eigenvalue weighted by molar-refractivity contribution is -0.0803. The van der Waals surface area contributed by atoms with E-state index in [-0.39, 0.29) is 22.8 Å². The van der Waals surface area contributed by atoms with Crippen LogP contribution in [0.4, 0.5) is 5.69 Å². The SMILES string of the molecule is CN(C)C(=O)c1cc(NC(=O)c2ccoc2C2(O)CCOCC2)ccc1Cl. The zero-order valence-electron chi connectivity index (χ0n) is 15.1. The fraction of sp³-hybridized carbons (Fsp3) is 0.368. The molecular formula is C19H21ClN2O5. The van der Waals surface area contributed by atoms with E-state index in [1.807, 2.05) is 0 Å². The van der Waals surface area contributed by atoms with E-state index in [2.05, 4.69) is 5.32 Å². The fourth-order valence-corrected chi connectivity index (χ4v) is 3.19. The Bertz CT molecular complexity index is 856. The number of furan rings is 1. The van der Waals surface area contributed by atoms with E-state index in [4.69, 9.17) is 20.8 Å². The van der Waals surface area contributed by atoms with E-state index < -0.39 is 11.5 Å². The summed E-state index contributed by atoms with van der Waals surface area (Å²) in [6, 6.07) is 6.19. The third-order valence-corrected chi connectivity index (χ3v) is 4.84. The summed E-state index contributed by atoms with van der Waals surface area (Å²) in [5.41, 5.74) is -0.286. The van der Waals surface area contributed by atoms with E-state index in [1.165, 1.54) is 23.3 Å². The Morgan fingerprint density at radius 2 is 1.89 bits per heavy atom. The van der Waals surface area contributed by atoms with Crippen molar-refractivity contribution in [1.29, 1.82) is 0 Å². The van der Waals surface area contributed by atoms with Crippen molar-refractivity contribution in [3.63, 3.8) is 0 Å². The number of hydrogen-bond donors (Lipinski definition) is 2. The number of nitrogens with zero attached hydrogens (tertiary/aromatic N) is 1. The van der Waals surface area contributed by atoms with Crippen molar-refractivity contribution in [2.75, 3.05) is 32.6 Å². The summed E-state index contributed by atoms with van der Waals surface area (Å²) in [5, 5.41) is 13.9. The summed E-state index contributed by atoms with van der Waals surface area (Å²) in [6.07, 6.45) is 2.08. The van der Waals surface area contributed by atoms with Crippen molar-refractivity contribution in [2.45, 2.75) is 18.4 Å². The normalized spacial score (nSPS) is 16.0. The highest BCUT2D eigenvalue weighted by atomic mass is 35.5. The number of nitrogens with one attached hydrogen (secondary N) is 1. The van der Waals surface area contributed by atoms with Gasteiger partial charge in [-0.3, -0.25) is 9.59 Å². The molecule has 1 aliphatic heterocycles. The summed E-state index contributed by atoms with van der Waals surface area (Å²) in [4.78, 5) is 26.3. The minimum absolute atomic E-state index is 0.224. The highest BCUT2D eigenvalue weighted by Gasteiger charge is 2.38. The van der Waals surface area contributed by atoms with Crippen LogP contribution in [0.1, 0.15) is 39.3 Å². The molecule has 1 aromatic carbocycles. The van der Waals surface area contributed by atoms with E-state index in [1.54, 1.807) is 26.2 Å². The van der Waals surface area contributed by atoms with Gasteiger partial charge in [0.15, 0.2) is 0 Å². The minimum Gasteiger partial charge on any atom is -0.465 e. The number of ether oxygens (including phenoxy) is 1. The molecule has 0 unspecified atom stereocenters. The van der Waals surface area contributed by atoms with Gasteiger partial charge in [-0.05, 0) is 24.3 Å². The molecule has 144 valence electrons. The molecule has 0 bridgehead atoms. The van der Waals surface area contributed by atoms with Crippen LogP contribution < -0.4 is 5.32 Å². The molecule has 0 spiro atoms. The highest BCUT2D eigenvalue weighted by molar-refractivity contribution is 6.34. The van der Waals surface area contributed by atoms with Gasteiger partial charge in [-0.2, -0.15) is 0 Å². The van der Waals surface area contributed by atoms with Gasteiger partial charge in [-0.25, -0.2) is 0 Å². The van der Waals surface area contributed by atoms with Crippen LogP contribution in [0.3, 0.4) is 0 Å². The second-order valence-corrected chi connectivity index (χ2v) is 7.06. The number of hydrogen-bond acceptors (Lipinski definition) is 5.